The third kappa shape index (κ3) is 4.08. The van der Waals surface area contributed by atoms with Gasteiger partial charge < -0.3 is 14.2 Å². The van der Waals surface area contributed by atoms with Crippen molar-refractivity contribution in [2.45, 2.75) is 20.1 Å². The van der Waals surface area contributed by atoms with Crippen molar-refractivity contribution < 1.29 is 9.53 Å². The normalized spacial score (nSPS) is 10.6. The van der Waals surface area contributed by atoms with E-state index in [0.29, 0.717) is 29.2 Å². The molecule has 7 heteroatoms. The Morgan fingerprint density at radius 2 is 1.96 bits per heavy atom. The number of nitrogens with one attached hydrogen (secondary N) is 1. The summed E-state index contributed by atoms with van der Waals surface area (Å²) in [5.74, 6) is 0.389. The molecule has 140 valence electrons. The molecule has 3 aromatic rings. The van der Waals surface area contributed by atoms with Crippen molar-refractivity contribution in [2.24, 2.45) is 0 Å². The maximum Gasteiger partial charge on any atom is 0.257 e. The van der Waals surface area contributed by atoms with Crippen molar-refractivity contribution in [1.29, 1.82) is 0 Å². The van der Waals surface area contributed by atoms with Crippen molar-refractivity contribution >= 4 is 5.91 Å². The van der Waals surface area contributed by atoms with Gasteiger partial charge in [0.1, 0.15) is 12.4 Å². The van der Waals surface area contributed by atoms with Crippen molar-refractivity contribution in [3.8, 4) is 5.75 Å². The van der Waals surface area contributed by atoms with Crippen LogP contribution in [-0.4, -0.2) is 39.7 Å². The Morgan fingerprint density at radius 1 is 1.22 bits per heavy atom. The van der Waals surface area contributed by atoms with Gasteiger partial charge in [-0.3, -0.25) is 14.7 Å². The lowest BCUT2D eigenvalue weighted by Gasteiger charge is -2.13. The van der Waals surface area contributed by atoms with Gasteiger partial charge in [-0.2, -0.15) is 5.10 Å². The molecule has 0 fully saturated rings. The molecular formula is C20H22N4O3. The molecule has 0 saturated carbocycles. The molecule has 0 atom stereocenters. The summed E-state index contributed by atoms with van der Waals surface area (Å²) in [4.78, 5) is 26.4. The van der Waals surface area contributed by atoms with Gasteiger partial charge >= 0.3 is 0 Å². The van der Waals surface area contributed by atoms with E-state index in [4.69, 9.17) is 4.74 Å². The van der Waals surface area contributed by atoms with Crippen LogP contribution < -0.4 is 10.3 Å². The van der Waals surface area contributed by atoms with E-state index in [1.165, 1.54) is 15.7 Å². The summed E-state index contributed by atoms with van der Waals surface area (Å²) in [7, 11) is 3.35. The average Bonchev–Trinajstić information content (AvgIpc) is 3.13. The summed E-state index contributed by atoms with van der Waals surface area (Å²) in [5, 5.41) is 6.75. The number of nitrogens with zero attached hydrogens (tertiary/aromatic N) is 3. The quantitative estimate of drug-likeness (QED) is 0.725. The fourth-order valence-corrected chi connectivity index (χ4v) is 2.72. The van der Waals surface area contributed by atoms with Crippen LogP contribution in [0.15, 0.2) is 53.6 Å². The minimum atomic E-state index is -0.168. The molecule has 7 nitrogen and oxygen atoms in total. The van der Waals surface area contributed by atoms with E-state index in [9.17, 15) is 9.59 Å². The SMILES string of the molecule is Cc1c(OCc2ccccc2)ccn(Cc2[nH]ncc2C(=O)N(C)C)c1=O. The summed E-state index contributed by atoms with van der Waals surface area (Å²) in [6, 6.07) is 11.5. The van der Waals surface area contributed by atoms with E-state index in [-0.39, 0.29) is 18.0 Å². The largest absolute Gasteiger partial charge is 0.488 e. The lowest BCUT2D eigenvalue weighted by atomic mass is 10.2. The molecule has 0 aliphatic heterocycles. The van der Waals surface area contributed by atoms with Gasteiger partial charge in [-0.1, -0.05) is 30.3 Å². The number of aromatic nitrogens is 3. The molecule has 27 heavy (non-hydrogen) atoms. The van der Waals surface area contributed by atoms with Crippen LogP contribution in [0.2, 0.25) is 0 Å². The number of carbonyl (C=O) groups excluding carboxylic acids is 1. The molecule has 0 saturated heterocycles. The number of rotatable bonds is 6. The fraction of sp³-hybridized carbons (Fsp3) is 0.250. The minimum Gasteiger partial charge on any atom is -0.488 e. The number of benzene rings is 1. The first kappa shape index (κ1) is 18.4. The summed E-state index contributed by atoms with van der Waals surface area (Å²) >= 11 is 0. The lowest BCUT2D eigenvalue weighted by molar-refractivity contribution is 0.0826. The zero-order chi connectivity index (χ0) is 19.4. The Morgan fingerprint density at radius 3 is 2.67 bits per heavy atom. The highest BCUT2D eigenvalue weighted by atomic mass is 16.5. The summed E-state index contributed by atoms with van der Waals surface area (Å²) in [6.45, 7) is 2.36. The maximum atomic E-state index is 12.7. The van der Waals surface area contributed by atoms with Gasteiger partial charge in [0, 0.05) is 20.3 Å². The number of carbonyl (C=O) groups is 1. The van der Waals surface area contributed by atoms with Crippen LogP contribution in [0, 0.1) is 6.92 Å². The third-order valence-electron chi connectivity index (χ3n) is 4.28. The second kappa shape index (κ2) is 7.90. The highest BCUT2D eigenvalue weighted by Gasteiger charge is 2.17. The molecule has 2 aromatic heterocycles. The Hall–Kier alpha value is -3.35. The Balaban J connectivity index is 1.79. The minimum absolute atomic E-state index is 0.161. The van der Waals surface area contributed by atoms with E-state index in [2.05, 4.69) is 10.2 Å². The van der Waals surface area contributed by atoms with Crippen LogP contribution in [0.5, 0.6) is 5.75 Å². The van der Waals surface area contributed by atoms with Gasteiger partial charge in [0.05, 0.1) is 29.6 Å². The number of aromatic amines is 1. The molecule has 0 aliphatic rings. The van der Waals surface area contributed by atoms with Crippen LogP contribution in [0.1, 0.15) is 27.2 Å². The van der Waals surface area contributed by atoms with E-state index in [0.717, 1.165) is 5.56 Å². The molecule has 0 radical (unpaired) electrons. The van der Waals surface area contributed by atoms with E-state index >= 15 is 0 Å². The number of hydrogen-bond donors (Lipinski definition) is 1. The molecule has 2 heterocycles. The Bertz CT molecular complexity index is 990. The molecule has 3 rings (SSSR count). The molecule has 0 aliphatic carbocycles. The lowest BCUT2D eigenvalue weighted by Crippen LogP contribution is -2.26. The van der Waals surface area contributed by atoms with Gasteiger partial charge in [-0.05, 0) is 18.6 Å². The van der Waals surface area contributed by atoms with Crippen LogP contribution in [0.3, 0.4) is 0 Å². The van der Waals surface area contributed by atoms with Gasteiger partial charge in [0.25, 0.3) is 11.5 Å². The van der Waals surface area contributed by atoms with Crippen LogP contribution in [0.25, 0.3) is 0 Å². The molecule has 0 spiro atoms. The molecule has 1 amide bonds. The van der Waals surface area contributed by atoms with Gasteiger partial charge in [0.2, 0.25) is 0 Å². The van der Waals surface area contributed by atoms with Crippen molar-refractivity contribution in [2.75, 3.05) is 14.1 Å². The van der Waals surface area contributed by atoms with Crippen LogP contribution >= 0.6 is 0 Å². The topological polar surface area (TPSA) is 80.2 Å². The van der Waals surface area contributed by atoms with Gasteiger partial charge in [0.15, 0.2) is 0 Å². The van der Waals surface area contributed by atoms with Gasteiger partial charge in [-0.25, -0.2) is 0 Å². The fourth-order valence-electron chi connectivity index (χ4n) is 2.72. The van der Waals surface area contributed by atoms with Crippen molar-refractivity contribution in [3.05, 3.63) is 81.5 Å². The number of hydrogen-bond acceptors (Lipinski definition) is 4. The van der Waals surface area contributed by atoms with Crippen LogP contribution in [-0.2, 0) is 13.2 Å². The summed E-state index contributed by atoms with van der Waals surface area (Å²) in [5.41, 5.74) is 2.43. The highest BCUT2D eigenvalue weighted by molar-refractivity contribution is 5.94. The Kier molecular flexibility index (Phi) is 5.40. The predicted octanol–water partition coefficient (Wildman–Crippen LogP) is 2.21. The van der Waals surface area contributed by atoms with E-state index < -0.39 is 0 Å². The molecule has 1 N–H and O–H groups in total. The molecular weight excluding hydrogens is 344 g/mol. The first-order chi connectivity index (χ1) is 13.0. The van der Waals surface area contributed by atoms with Crippen molar-refractivity contribution in [1.82, 2.24) is 19.7 Å². The maximum absolute atomic E-state index is 12.7. The number of H-pyrrole nitrogens is 1. The Labute approximate surface area is 157 Å². The monoisotopic (exact) mass is 366 g/mol. The summed E-state index contributed by atoms with van der Waals surface area (Å²) in [6.07, 6.45) is 3.15. The first-order valence-electron chi connectivity index (χ1n) is 8.58. The third-order valence-corrected chi connectivity index (χ3v) is 4.28. The second-order valence-corrected chi connectivity index (χ2v) is 6.47. The molecule has 0 bridgehead atoms. The predicted molar refractivity (Wildman–Crippen MR) is 102 cm³/mol. The molecule has 1 aromatic carbocycles. The zero-order valence-corrected chi connectivity index (χ0v) is 15.6. The average molecular weight is 366 g/mol. The van der Waals surface area contributed by atoms with Crippen LogP contribution in [0.4, 0.5) is 0 Å². The first-order valence-corrected chi connectivity index (χ1v) is 8.58. The standard InChI is InChI=1S/C20H22N4O3/c1-14-18(27-13-15-7-5-4-6-8-15)9-10-24(19(14)25)12-17-16(11-21-22-17)20(26)23(2)3/h4-11H,12-13H2,1-3H3,(H,21,22). The number of pyridine rings is 1. The van der Waals surface area contributed by atoms with E-state index in [1.807, 2.05) is 30.3 Å². The number of ether oxygens (including phenoxy) is 1. The smallest absolute Gasteiger partial charge is 0.257 e. The zero-order valence-electron chi connectivity index (χ0n) is 15.6. The van der Waals surface area contributed by atoms with Gasteiger partial charge in [-0.15, -0.1) is 0 Å². The van der Waals surface area contributed by atoms with E-state index in [1.54, 1.807) is 33.3 Å². The van der Waals surface area contributed by atoms with Crippen molar-refractivity contribution in [3.63, 3.8) is 0 Å². The summed E-state index contributed by atoms with van der Waals surface area (Å²) < 4.78 is 7.33. The molecule has 0 unspecified atom stereocenters. The number of amides is 1. The highest BCUT2D eigenvalue weighted by Crippen LogP contribution is 2.16. The second-order valence-electron chi connectivity index (χ2n) is 6.47.